The SMILES string of the molecule is C[n+]1ccc(-c2ccnc(-c3cc(-c4ccncc4)ccn3)c2)cc1. The third kappa shape index (κ3) is 3.28. The van der Waals surface area contributed by atoms with Gasteiger partial charge in [0, 0.05) is 36.9 Å². The van der Waals surface area contributed by atoms with Gasteiger partial charge in [0.15, 0.2) is 12.4 Å². The molecular formula is C21H17N4+. The minimum Gasteiger partial charge on any atom is -0.265 e. The van der Waals surface area contributed by atoms with Gasteiger partial charge in [-0.1, -0.05) is 0 Å². The molecule has 0 amide bonds. The molecule has 0 saturated heterocycles. The molecule has 0 aliphatic heterocycles. The Morgan fingerprint density at radius 3 is 1.64 bits per heavy atom. The number of nitrogens with zero attached hydrogens (tertiary/aromatic N) is 4. The van der Waals surface area contributed by atoms with Crippen molar-refractivity contribution in [3.63, 3.8) is 0 Å². The number of rotatable bonds is 3. The zero-order valence-corrected chi connectivity index (χ0v) is 13.9. The second-order valence-corrected chi connectivity index (χ2v) is 5.85. The molecule has 4 heteroatoms. The highest BCUT2D eigenvalue weighted by molar-refractivity contribution is 5.72. The summed E-state index contributed by atoms with van der Waals surface area (Å²) in [5, 5.41) is 0. The summed E-state index contributed by atoms with van der Waals surface area (Å²) in [5.74, 6) is 0. The molecule has 4 rings (SSSR count). The van der Waals surface area contributed by atoms with E-state index in [0.717, 1.165) is 33.6 Å². The van der Waals surface area contributed by atoms with Gasteiger partial charge in [0.25, 0.3) is 0 Å². The summed E-state index contributed by atoms with van der Waals surface area (Å²) in [6.07, 6.45) is 11.3. The Hall–Kier alpha value is -3.40. The van der Waals surface area contributed by atoms with Crippen molar-refractivity contribution in [2.45, 2.75) is 0 Å². The first-order valence-corrected chi connectivity index (χ1v) is 8.08. The summed E-state index contributed by atoms with van der Waals surface area (Å²) in [5.41, 5.74) is 6.23. The van der Waals surface area contributed by atoms with Crippen molar-refractivity contribution in [3.8, 4) is 33.6 Å². The van der Waals surface area contributed by atoms with E-state index in [9.17, 15) is 0 Å². The molecule has 0 fully saturated rings. The van der Waals surface area contributed by atoms with Crippen molar-refractivity contribution in [2.75, 3.05) is 0 Å². The van der Waals surface area contributed by atoms with E-state index in [4.69, 9.17) is 0 Å². The van der Waals surface area contributed by atoms with Crippen LogP contribution in [0.4, 0.5) is 0 Å². The predicted molar refractivity (Wildman–Crippen MR) is 97.3 cm³/mol. The van der Waals surface area contributed by atoms with E-state index >= 15 is 0 Å². The normalized spacial score (nSPS) is 10.6. The summed E-state index contributed by atoms with van der Waals surface area (Å²) in [7, 11) is 2.01. The first-order chi connectivity index (χ1) is 12.3. The maximum Gasteiger partial charge on any atom is 0.169 e. The quantitative estimate of drug-likeness (QED) is 0.539. The zero-order chi connectivity index (χ0) is 17.1. The summed E-state index contributed by atoms with van der Waals surface area (Å²) < 4.78 is 2.02. The van der Waals surface area contributed by atoms with Crippen LogP contribution in [-0.4, -0.2) is 15.0 Å². The minimum atomic E-state index is 0.859. The number of aromatic nitrogens is 4. The lowest BCUT2D eigenvalue weighted by Crippen LogP contribution is -2.25. The Morgan fingerprint density at radius 2 is 1.08 bits per heavy atom. The lowest BCUT2D eigenvalue weighted by Gasteiger charge is -2.06. The largest absolute Gasteiger partial charge is 0.265 e. The average Bonchev–Trinajstić information content (AvgIpc) is 2.69. The van der Waals surface area contributed by atoms with Crippen LogP contribution >= 0.6 is 0 Å². The fraction of sp³-hybridized carbons (Fsp3) is 0.0476. The van der Waals surface area contributed by atoms with Gasteiger partial charge in [0.2, 0.25) is 0 Å². The van der Waals surface area contributed by atoms with Crippen LogP contribution in [0.3, 0.4) is 0 Å². The van der Waals surface area contributed by atoms with Gasteiger partial charge in [-0.05, 0) is 58.7 Å². The van der Waals surface area contributed by atoms with Gasteiger partial charge in [-0.2, -0.15) is 0 Å². The van der Waals surface area contributed by atoms with E-state index in [0.29, 0.717) is 0 Å². The molecular weight excluding hydrogens is 308 g/mol. The van der Waals surface area contributed by atoms with Gasteiger partial charge in [-0.15, -0.1) is 0 Å². The van der Waals surface area contributed by atoms with Crippen LogP contribution in [0.2, 0.25) is 0 Å². The van der Waals surface area contributed by atoms with E-state index in [1.807, 2.05) is 60.7 Å². The number of pyridine rings is 4. The monoisotopic (exact) mass is 325 g/mol. The molecule has 0 saturated carbocycles. The van der Waals surface area contributed by atoms with Crippen LogP contribution in [0.15, 0.2) is 85.7 Å². The molecule has 25 heavy (non-hydrogen) atoms. The Morgan fingerprint density at radius 1 is 0.600 bits per heavy atom. The van der Waals surface area contributed by atoms with Crippen LogP contribution in [0.25, 0.3) is 33.6 Å². The van der Waals surface area contributed by atoms with E-state index in [2.05, 4.69) is 39.2 Å². The highest BCUT2D eigenvalue weighted by atomic mass is 14.9. The maximum absolute atomic E-state index is 4.51. The fourth-order valence-electron chi connectivity index (χ4n) is 2.74. The van der Waals surface area contributed by atoms with Crippen LogP contribution < -0.4 is 4.57 Å². The second-order valence-electron chi connectivity index (χ2n) is 5.85. The molecule has 4 nitrogen and oxygen atoms in total. The lowest BCUT2D eigenvalue weighted by atomic mass is 10.0. The predicted octanol–water partition coefficient (Wildman–Crippen LogP) is 3.70. The van der Waals surface area contributed by atoms with E-state index in [1.54, 1.807) is 12.4 Å². The fourth-order valence-corrected chi connectivity index (χ4v) is 2.74. The Labute approximate surface area is 146 Å². The second kappa shape index (κ2) is 6.61. The van der Waals surface area contributed by atoms with E-state index in [1.165, 1.54) is 0 Å². The molecule has 0 aliphatic rings. The highest BCUT2D eigenvalue weighted by Crippen LogP contribution is 2.26. The van der Waals surface area contributed by atoms with Crippen molar-refractivity contribution < 1.29 is 4.57 Å². The topological polar surface area (TPSA) is 42.5 Å². The Bertz CT molecular complexity index is 996. The summed E-state index contributed by atoms with van der Waals surface area (Å²) >= 11 is 0. The minimum absolute atomic E-state index is 0.859. The van der Waals surface area contributed by atoms with Crippen LogP contribution in [0.1, 0.15) is 0 Å². The molecule has 0 aliphatic carbocycles. The van der Waals surface area contributed by atoms with Crippen molar-refractivity contribution in [1.29, 1.82) is 0 Å². The van der Waals surface area contributed by atoms with Gasteiger partial charge in [0.1, 0.15) is 7.05 Å². The molecule has 0 aromatic carbocycles. The zero-order valence-electron chi connectivity index (χ0n) is 13.9. The first kappa shape index (κ1) is 15.1. The Kier molecular flexibility index (Phi) is 4.01. The first-order valence-electron chi connectivity index (χ1n) is 8.08. The van der Waals surface area contributed by atoms with Crippen molar-refractivity contribution >= 4 is 0 Å². The molecule has 0 atom stereocenters. The standard InChI is InChI=1S/C21H17N4/c1-25-12-6-17(7-13-25)19-5-11-24-21(15-19)20-14-18(4-10-23-20)16-2-8-22-9-3-16/h2-15H,1H3/q+1. The summed E-state index contributed by atoms with van der Waals surface area (Å²) in [4.78, 5) is 13.1. The molecule has 4 heterocycles. The van der Waals surface area contributed by atoms with Crippen molar-refractivity contribution in [2.24, 2.45) is 7.05 Å². The number of aryl methyl sites for hydroxylation is 1. The van der Waals surface area contributed by atoms with E-state index < -0.39 is 0 Å². The molecule has 4 aromatic rings. The lowest BCUT2D eigenvalue weighted by molar-refractivity contribution is -0.671. The van der Waals surface area contributed by atoms with Crippen molar-refractivity contribution in [1.82, 2.24) is 15.0 Å². The molecule has 4 aromatic heterocycles. The number of hydrogen-bond donors (Lipinski definition) is 0. The van der Waals surface area contributed by atoms with Gasteiger partial charge in [-0.25, -0.2) is 4.57 Å². The summed E-state index contributed by atoms with van der Waals surface area (Å²) in [6, 6.07) is 16.3. The molecule has 0 unspecified atom stereocenters. The van der Waals surface area contributed by atoms with Crippen molar-refractivity contribution in [3.05, 3.63) is 85.7 Å². The van der Waals surface area contributed by atoms with Gasteiger partial charge >= 0.3 is 0 Å². The average molecular weight is 325 g/mol. The Balaban J connectivity index is 1.73. The number of hydrogen-bond acceptors (Lipinski definition) is 3. The maximum atomic E-state index is 4.51. The third-order valence-electron chi connectivity index (χ3n) is 4.11. The molecule has 0 radical (unpaired) electrons. The van der Waals surface area contributed by atoms with Gasteiger partial charge in [0.05, 0.1) is 11.4 Å². The smallest absolute Gasteiger partial charge is 0.169 e. The highest BCUT2D eigenvalue weighted by Gasteiger charge is 2.07. The van der Waals surface area contributed by atoms with Crippen LogP contribution in [0.5, 0.6) is 0 Å². The van der Waals surface area contributed by atoms with Crippen LogP contribution in [0, 0.1) is 0 Å². The van der Waals surface area contributed by atoms with Crippen LogP contribution in [-0.2, 0) is 7.05 Å². The molecule has 0 N–H and O–H groups in total. The van der Waals surface area contributed by atoms with Gasteiger partial charge < -0.3 is 0 Å². The molecule has 120 valence electrons. The summed E-state index contributed by atoms with van der Waals surface area (Å²) in [6.45, 7) is 0. The molecule has 0 bridgehead atoms. The molecule has 0 spiro atoms. The van der Waals surface area contributed by atoms with Gasteiger partial charge in [-0.3, -0.25) is 15.0 Å². The van der Waals surface area contributed by atoms with E-state index in [-0.39, 0.29) is 0 Å². The third-order valence-corrected chi connectivity index (χ3v) is 4.11.